The number of rotatable bonds is 3. The van der Waals surface area contributed by atoms with Crippen LogP contribution in [0.3, 0.4) is 0 Å². The zero-order valence-corrected chi connectivity index (χ0v) is 10.3. The fourth-order valence-electron chi connectivity index (χ4n) is 3.16. The molecule has 92 valence electrons. The van der Waals surface area contributed by atoms with Gasteiger partial charge in [-0.2, -0.15) is 0 Å². The number of hydrogen-bond donors (Lipinski definition) is 1. The highest BCUT2D eigenvalue weighted by Crippen LogP contribution is 2.27. The van der Waals surface area contributed by atoms with Gasteiger partial charge in [0.1, 0.15) is 5.78 Å². The van der Waals surface area contributed by atoms with E-state index in [2.05, 4.69) is 5.32 Å². The van der Waals surface area contributed by atoms with Gasteiger partial charge in [0.2, 0.25) is 0 Å². The highest BCUT2D eigenvalue weighted by Gasteiger charge is 2.24. The summed E-state index contributed by atoms with van der Waals surface area (Å²) in [5, 5.41) is 3.33. The van der Waals surface area contributed by atoms with Crippen molar-refractivity contribution in [3.05, 3.63) is 0 Å². The van der Waals surface area contributed by atoms with Crippen molar-refractivity contribution < 1.29 is 4.79 Å². The minimum atomic E-state index is 0.379. The van der Waals surface area contributed by atoms with Crippen molar-refractivity contribution in [2.75, 3.05) is 13.1 Å². The first kappa shape index (κ1) is 12.1. The van der Waals surface area contributed by atoms with Crippen molar-refractivity contribution in [2.45, 2.75) is 57.8 Å². The quantitative estimate of drug-likeness (QED) is 0.745. The van der Waals surface area contributed by atoms with Gasteiger partial charge in [0.15, 0.2) is 0 Å². The smallest absolute Gasteiger partial charge is 0.136 e. The molecule has 0 radical (unpaired) electrons. The van der Waals surface area contributed by atoms with Crippen LogP contribution in [0, 0.1) is 11.8 Å². The summed E-state index contributed by atoms with van der Waals surface area (Å²) >= 11 is 0. The predicted octanol–water partition coefficient (Wildman–Crippen LogP) is 2.92. The molecule has 1 heterocycles. The normalized spacial score (nSPS) is 25.2. The van der Waals surface area contributed by atoms with E-state index in [1.807, 2.05) is 0 Å². The standard InChI is InChI=1S/C14H25NO/c16-14(13-7-9-15-10-8-13)11-12-5-3-1-2-4-6-12/h12-13,15H,1-11H2. The Hall–Kier alpha value is -0.370. The number of ketones is 1. The number of carbonyl (C=O) groups excluding carboxylic acids is 1. The third-order valence-corrected chi connectivity index (χ3v) is 4.26. The molecule has 1 N–H and O–H groups in total. The molecule has 2 heteroatoms. The molecule has 1 saturated carbocycles. The Kier molecular flexibility index (Phi) is 4.83. The second kappa shape index (κ2) is 6.39. The van der Waals surface area contributed by atoms with Crippen molar-refractivity contribution in [1.82, 2.24) is 5.32 Å². The van der Waals surface area contributed by atoms with Gasteiger partial charge in [-0.1, -0.05) is 38.5 Å². The highest BCUT2D eigenvalue weighted by atomic mass is 16.1. The second-order valence-corrected chi connectivity index (χ2v) is 5.55. The van der Waals surface area contributed by atoms with Crippen molar-refractivity contribution in [3.8, 4) is 0 Å². The Labute approximate surface area is 99.2 Å². The summed E-state index contributed by atoms with van der Waals surface area (Å²) in [4.78, 5) is 12.2. The van der Waals surface area contributed by atoms with Crippen LogP contribution >= 0.6 is 0 Å². The van der Waals surface area contributed by atoms with Gasteiger partial charge in [-0.05, 0) is 31.8 Å². The van der Waals surface area contributed by atoms with E-state index in [4.69, 9.17) is 0 Å². The van der Waals surface area contributed by atoms with E-state index in [9.17, 15) is 4.79 Å². The maximum absolute atomic E-state index is 12.2. The molecule has 0 atom stereocenters. The molecule has 0 bridgehead atoms. The van der Waals surface area contributed by atoms with Crippen LogP contribution in [0.15, 0.2) is 0 Å². The largest absolute Gasteiger partial charge is 0.317 e. The van der Waals surface area contributed by atoms with Gasteiger partial charge in [-0.25, -0.2) is 0 Å². The SMILES string of the molecule is O=C(CC1CCCCCC1)C1CCNCC1. The van der Waals surface area contributed by atoms with E-state index in [0.29, 0.717) is 17.6 Å². The van der Waals surface area contributed by atoms with Crippen molar-refractivity contribution >= 4 is 5.78 Å². The first-order valence-electron chi connectivity index (χ1n) is 7.09. The molecule has 0 aromatic carbocycles. The molecule has 0 spiro atoms. The molecule has 16 heavy (non-hydrogen) atoms. The van der Waals surface area contributed by atoms with Gasteiger partial charge >= 0.3 is 0 Å². The summed E-state index contributed by atoms with van der Waals surface area (Å²) < 4.78 is 0. The Morgan fingerprint density at radius 2 is 1.56 bits per heavy atom. The number of piperidine rings is 1. The number of Topliss-reactive ketones (excluding diaryl/α,β-unsaturated/α-hetero) is 1. The molecular weight excluding hydrogens is 198 g/mol. The van der Waals surface area contributed by atoms with Crippen LogP contribution in [0.25, 0.3) is 0 Å². The molecule has 2 aliphatic rings. The van der Waals surface area contributed by atoms with Gasteiger partial charge in [-0.3, -0.25) is 4.79 Å². The zero-order chi connectivity index (χ0) is 11.2. The topological polar surface area (TPSA) is 29.1 Å². The van der Waals surface area contributed by atoms with Crippen LogP contribution in [0.5, 0.6) is 0 Å². The fourth-order valence-corrected chi connectivity index (χ4v) is 3.16. The van der Waals surface area contributed by atoms with Crippen molar-refractivity contribution in [1.29, 1.82) is 0 Å². The molecule has 0 amide bonds. The summed E-state index contributed by atoms with van der Waals surface area (Å²) in [5.41, 5.74) is 0. The summed E-state index contributed by atoms with van der Waals surface area (Å²) in [6.45, 7) is 2.09. The summed E-state index contributed by atoms with van der Waals surface area (Å²) in [7, 11) is 0. The fraction of sp³-hybridized carbons (Fsp3) is 0.929. The van der Waals surface area contributed by atoms with Crippen LogP contribution in [0.4, 0.5) is 0 Å². The van der Waals surface area contributed by atoms with Crippen LogP contribution in [0.2, 0.25) is 0 Å². The first-order chi connectivity index (χ1) is 7.86. The highest BCUT2D eigenvalue weighted by molar-refractivity contribution is 5.81. The Morgan fingerprint density at radius 3 is 2.19 bits per heavy atom. The van der Waals surface area contributed by atoms with Crippen molar-refractivity contribution in [3.63, 3.8) is 0 Å². The molecule has 1 aliphatic heterocycles. The molecule has 0 unspecified atom stereocenters. The maximum Gasteiger partial charge on any atom is 0.136 e. The summed E-state index contributed by atoms with van der Waals surface area (Å²) in [6, 6.07) is 0. The Balaban J connectivity index is 1.76. The van der Waals surface area contributed by atoms with Gasteiger partial charge in [0, 0.05) is 12.3 Å². The molecule has 2 fully saturated rings. The van der Waals surface area contributed by atoms with Crippen LogP contribution in [-0.2, 0) is 4.79 Å². The first-order valence-corrected chi connectivity index (χ1v) is 7.09. The lowest BCUT2D eigenvalue weighted by Crippen LogP contribution is -2.32. The Morgan fingerprint density at radius 1 is 0.938 bits per heavy atom. The molecule has 0 aromatic heterocycles. The van der Waals surface area contributed by atoms with E-state index < -0.39 is 0 Å². The lowest BCUT2D eigenvalue weighted by molar-refractivity contribution is -0.124. The van der Waals surface area contributed by atoms with Crippen LogP contribution in [0.1, 0.15) is 57.8 Å². The minimum absolute atomic E-state index is 0.379. The second-order valence-electron chi connectivity index (χ2n) is 5.55. The number of carbonyl (C=O) groups is 1. The molecule has 2 nitrogen and oxygen atoms in total. The average Bonchev–Trinajstić information content (AvgIpc) is 2.59. The third-order valence-electron chi connectivity index (χ3n) is 4.26. The average molecular weight is 223 g/mol. The van der Waals surface area contributed by atoms with Crippen molar-refractivity contribution in [2.24, 2.45) is 11.8 Å². The summed E-state index contributed by atoms with van der Waals surface area (Å²) in [5.74, 6) is 1.66. The van der Waals surface area contributed by atoms with Gasteiger partial charge < -0.3 is 5.32 Å². The zero-order valence-electron chi connectivity index (χ0n) is 10.3. The van der Waals surface area contributed by atoms with Crippen LogP contribution < -0.4 is 5.32 Å². The van der Waals surface area contributed by atoms with Crippen LogP contribution in [-0.4, -0.2) is 18.9 Å². The lowest BCUT2D eigenvalue weighted by atomic mass is 9.85. The maximum atomic E-state index is 12.2. The summed E-state index contributed by atoms with van der Waals surface area (Å²) in [6.07, 6.45) is 11.1. The van der Waals surface area contributed by atoms with E-state index in [1.54, 1.807) is 0 Å². The number of hydrogen-bond acceptors (Lipinski definition) is 2. The lowest BCUT2D eigenvalue weighted by Gasteiger charge is -2.23. The predicted molar refractivity (Wildman–Crippen MR) is 66.4 cm³/mol. The van der Waals surface area contributed by atoms with E-state index >= 15 is 0 Å². The van der Waals surface area contributed by atoms with Gasteiger partial charge in [0.25, 0.3) is 0 Å². The van der Waals surface area contributed by atoms with E-state index in [0.717, 1.165) is 32.4 Å². The molecule has 1 saturated heterocycles. The van der Waals surface area contributed by atoms with E-state index in [-0.39, 0.29) is 0 Å². The molecule has 2 rings (SSSR count). The molecule has 0 aromatic rings. The Bertz CT molecular complexity index is 213. The van der Waals surface area contributed by atoms with Gasteiger partial charge in [-0.15, -0.1) is 0 Å². The monoisotopic (exact) mass is 223 g/mol. The van der Waals surface area contributed by atoms with Gasteiger partial charge in [0.05, 0.1) is 0 Å². The third kappa shape index (κ3) is 3.58. The molecule has 1 aliphatic carbocycles. The van der Waals surface area contributed by atoms with E-state index in [1.165, 1.54) is 38.5 Å². The number of nitrogens with one attached hydrogen (secondary N) is 1. The molecular formula is C14H25NO. The minimum Gasteiger partial charge on any atom is -0.317 e.